The summed E-state index contributed by atoms with van der Waals surface area (Å²) < 4.78 is 71.9. The Morgan fingerprint density at radius 2 is 1.81 bits per heavy atom. The van der Waals surface area contributed by atoms with E-state index in [4.69, 9.17) is 0 Å². The first kappa shape index (κ1) is 24.5. The lowest BCUT2D eigenvalue weighted by Crippen LogP contribution is -2.42. The van der Waals surface area contributed by atoms with Gasteiger partial charge in [0.1, 0.15) is 17.5 Å². The lowest BCUT2D eigenvalue weighted by Gasteiger charge is -2.36. The Hall–Kier alpha value is -3.15. The molecule has 11 heteroatoms. The molecule has 1 fully saturated rings. The first-order chi connectivity index (χ1) is 17.2. The molecule has 0 aliphatic heterocycles. The van der Waals surface area contributed by atoms with Gasteiger partial charge in [-0.1, -0.05) is 0 Å². The van der Waals surface area contributed by atoms with Crippen molar-refractivity contribution in [3.05, 3.63) is 77.1 Å². The van der Waals surface area contributed by atoms with Gasteiger partial charge in [-0.15, -0.1) is 0 Å². The maximum atomic E-state index is 14.5. The number of aromatic amines is 2. The van der Waals surface area contributed by atoms with E-state index in [9.17, 15) is 21.6 Å². The van der Waals surface area contributed by atoms with E-state index in [1.54, 1.807) is 18.5 Å². The highest BCUT2D eigenvalue weighted by molar-refractivity contribution is 7.87. The molecule has 0 unspecified atom stereocenters. The van der Waals surface area contributed by atoms with E-state index in [0.717, 1.165) is 23.0 Å². The number of fused-ring (bicyclic) bond motifs is 1. The summed E-state index contributed by atoms with van der Waals surface area (Å²) in [6, 6.07) is 7.96. The molecule has 0 bridgehead atoms. The van der Waals surface area contributed by atoms with E-state index in [2.05, 4.69) is 24.4 Å². The number of halogens is 3. The predicted molar refractivity (Wildman–Crippen MR) is 131 cm³/mol. The van der Waals surface area contributed by atoms with Gasteiger partial charge in [-0.25, -0.2) is 27.6 Å². The van der Waals surface area contributed by atoms with Crippen LogP contribution >= 0.6 is 0 Å². The van der Waals surface area contributed by atoms with Crippen LogP contribution in [0.25, 0.3) is 22.2 Å². The summed E-state index contributed by atoms with van der Waals surface area (Å²) in [5.74, 6) is -1.71. The molecule has 190 valence electrons. The monoisotopic (exact) mass is 517 g/mol. The summed E-state index contributed by atoms with van der Waals surface area (Å²) in [7, 11) is -3.67. The standard InChI is InChI=1S/C25H26F3N5O2S/c1-14-22(30-13-29-14)6-7-31-36(34,35)32-12-15-8-17(9-15)23-20-10-19(27)11-21(28)25(20)33-24(23)16-2-4-18(26)5-3-16/h2-5,10-11,13,15,17,31-33H,6-9,12H2,1H3,(H,29,30)/t15-,17-. The molecule has 0 amide bonds. The topological polar surface area (TPSA) is 103 Å². The number of nitrogens with one attached hydrogen (secondary N) is 4. The molecule has 0 saturated heterocycles. The number of nitrogens with zero attached hydrogens (tertiary/aromatic N) is 1. The van der Waals surface area contributed by atoms with E-state index in [1.165, 1.54) is 18.2 Å². The summed E-state index contributed by atoms with van der Waals surface area (Å²) >= 11 is 0. The quantitative estimate of drug-likeness (QED) is 0.264. The minimum atomic E-state index is -3.67. The van der Waals surface area contributed by atoms with Crippen molar-refractivity contribution in [1.29, 1.82) is 0 Å². The van der Waals surface area contributed by atoms with Crippen LogP contribution < -0.4 is 9.44 Å². The van der Waals surface area contributed by atoms with Crippen molar-refractivity contribution >= 4 is 21.1 Å². The van der Waals surface area contributed by atoms with Crippen LogP contribution in [0.2, 0.25) is 0 Å². The fourth-order valence-corrected chi connectivity index (χ4v) is 5.80. The summed E-state index contributed by atoms with van der Waals surface area (Å²) in [6.07, 6.45) is 3.34. The predicted octanol–water partition coefficient (Wildman–Crippen LogP) is 4.44. The molecule has 0 radical (unpaired) electrons. The molecule has 0 spiro atoms. The van der Waals surface area contributed by atoms with Crippen LogP contribution in [-0.4, -0.2) is 36.5 Å². The average Bonchev–Trinajstić information content (AvgIpc) is 3.37. The molecule has 2 heterocycles. The Morgan fingerprint density at radius 3 is 2.50 bits per heavy atom. The number of hydrogen-bond donors (Lipinski definition) is 4. The highest BCUT2D eigenvalue weighted by atomic mass is 32.2. The first-order valence-electron chi connectivity index (χ1n) is 11.7. The van der Waals surface area contributed by atoms with Crippen molar-refractivity contribution in [1.82, 2.24) is 24.4 Å². The Kier molecular flexibility index (Phi) is 6.62. The Balaban J connectivity index is 1.26. The molecule has 1 aliphatic carbocycles. The smallest absolute Gasteiger partial charge is 0.276 e. The third kappa shape index (κ3) is 5.04. The van der Waals surface area contributed by atoms with Crippen LogP contribution in [0, 0.1) is 30.3 Å². The molecule has 1 aliphatic rings. The van der Waals surface area contributed by atoms with E-state index in [0.29, 0.717) is 35.9 Å². The summed E-state index contributed by atoms with van der Waals surface area (Å²) in [6.45, 7) is 2.35. The van der Waals surface area contributed by atoms with Crippen LogP contribution in [0.3, 0.4) is 0 Å². The minimum absolute atomic E-state index is 0.0230. The van der Waals surface area contributed by atoms with Gasteiger partial charge in [0, 0.05) is 36.7 Å². The van der Waals surface area contributed by atoms with Crippen molar-refractivity contribution in [2.24, 2.45) is 5.92 Å². The SMILES string of the molecule is Cc1[nH]cnc1CCNS(=O)(=O)NC[C@H]1C[C@H](c2c(-c3ccc(F)cc3)[nH]c3c(F)cc(F)cc32)C1. The molecule has 7 nitrogen and oxygen atoms in total. The van der Waals surface area contributed by atoms with Gasteiger partial charge in [0.15, 0.2) is 0 Å². The molecule has 2 aromatic heterocycles. The van der Waals surface area contributed by atoms with Crippen LogP contribution in [0.5, 0.6) is 0 Å². The number of aromatic nitrogens is 3. The molecule has 4 aromatic rings. The molecule has 4 N–H and O–H groups in total. The van der Waals surface area contributed by atoms with Crippen LogP contribution in [0.15, 0.2) is 42.7 Å². The van der Waals surface area contributed by atoms with E-state index in [1.807, 2.05) is 6.92 Å². The largest absolute Gasteiger partial charge is 0.352 e. The Bertz CT molecular complexity index is 1490. The van der Waals surface area contributed by atoms with Crippen LogP contribution in [-0.2, 0) is 16.6 Å². The molecule has 0 atom stereocenters. The third-order valence-electron chi connectivity index (χ3n) is 6.79. The van der Waals surface area contributed by atoms with E-state index >= 15 is 0 Å². The van der Waals surface area contributed by atoms with Gasteiger partial charge in [-0.3, -0.25) is 0 Å². The molecular weight excluding hydrogens is 491 g/mol. The summed E-state index contributed by atoms with van der Waals surface area (Å²) in [4.78, 5) is 10.2. The number of hydrogen-bond acceptors (Lipinski definition) is 3. The van der Waals surface area contributed by atoms with Crippen LogP contribution in [0.1, 0.15) is 35.7 Å². The maximum Gasteiger partial charge on any atom is 0.276 e. The Labute approximate surface area is 206 Å². The van der Waals surface area contributed by atoms with Crippen molar-refractivity contribution in [3.63, 3.8) is 0 Å². The molecular formula is C25H26F3N5O2S. The Morgan fingerprint density at radius 1 is 1.06 bits per heavy atom. The van der Waals surface area contributed by atoms with Gasteiger partial charge in [0.25, 0.3) is 10.2 Å². The maximum absolute atomic E-state index is 14.5. The normalized spacial score (nSPS) is 18.0. The molecule has 5 rings (SSSR count). The van der Waals surface area contributed by atoms with Crippen molar-refractivity contribution in [2.45, 2.75) is 32.1 Å². The lowest BCUT2D eigenvalue weighted by atomic mass is 9.70. The van der Waals surface area contributed by atoms with Crippen molar-refractivity contribution in [3.8, 4) is 11.3 Å². The van der Waals surface area contributed by atoms with Gasteiger partial charge in [-0.2, -0.15) is 8.42 Å². The fourth-order valence-electron chi connectivity index (χ4n) is 4.87. The van der Waals surface area contributed by atoms with E-state index < -0.39 is 27.7 Å². The summed E-state index contributed by atoms with van der Waals surface area (Å²) in [5, 5.41) is 0.450. The zero-order valence-electron chi connectivity index (χ0n) is 19.5. The van der Waals surface area contributed by atoms with Gasteiger partial charge >= 0.3 is 0 Å². The number of imidazole rings is 1. The van der Waals surface area contributed by atoms with Crippen molar-refractivity contribution in [2.75, 3.05) is 13.1 Å². The zero-order chi connectivity index (χ0) is 25.4. The fraction of sp³-hybridized carbons (Fsp3) is 0.320. The second-order valence-corrected chi connectivity index (χ2v) is 10.8. The second kappa shape index (κ2) is 9.72. The summed E-state index contributed by atoms with van der Waals surface area (Å²) in [5.41, 5.74) is 3.97. The lowest BCUT2D eigenvalue weighted by molar-refractivity contribution is 0.267. The molecule has 36 heavy (non-hydrogen) atoms. The number of H-pyrrole nitrogens is 2. The van der Waals surface area contributed by atoms with Gasteiger partial charge in [-0.05, 0) is 73.1 Å². The van der Waals surface area contributed by atoms with Gasteiger partial charge in [0.2, 0.25) is 0 Å². The average molecular weight is 518 g/mol. The molecule has 1 saturated carbocycles. The second-order valence-electron chi connectivity index (χ2n) is 9.24. The molecule has 2 aromatic carbocycles. The van der Waals surface area contributed by atoms with Crippen molar-refractivity contribution < 1.29 is 21.6 Å². The number of rotatable bonds is 9. The van der Waals surface area contributed by atoms with Gasteiger partial charge < -0.3 is 9.97 Å². The van der Waals surface area contributed by atoms with Crippen LogP contribution in [0.4, 0.5) is 13.2 Å². The van der Waals surface area contributed by atoms with E-state index in [-0.39, 0.29) is 30.4 Å². The zero-order valence-corrected chi connectivity index (χ0v) is 20.4. The first-order valence-corrected chi connectivity index (χ1v) is 13.2. The highest BCUT2D eigenvalue weighted by Gasteiger charge is 2.35. The number of aryl methyl sites for hydroxylation is 1. The number of benzene rings is 2. The highest BCUT2D eigenvalue weighted by Crippen LogP contribution is 2.48. The van der Waals surface area contributed by atoms with Gasteiger partial charge in [0.05, 0.1) is 23.2 Å². The minimum Gasteiger partial charge on any atom is -0.352 e. The third-order valence-corrected chi connectivity index (χ3v) is 7.92.